The first-order valence-corrected chi connectivity index (χ1v) is 11.2. The van der Waals surface area contributed by atoms with E-state index in [2.05, 4.69) is 38.2 Å². The van der Waals surface area contributed by atoms with Crippen LogP contribution in [0.5, 0.6) is 0 Å². The minimum absolute atomic E-state index is 0.0353. The monoisotopic (exact) mass is 438 g/mol. The lowest BCUT2D eigenvalue weighted by Crippen LogP contribution is -2.32. The van der Waals surface area contributed by atoms with Gasteiger partial charge in [0.2, 0.25) is 0 Å². The molecular formula is C29H30N2O2. The number of carbonyl (C=O) groups is 2. The maximum Gasteiger partial charge on any atom is 0.278 e. The molecule has 0 fully saturated rings. The summed E-state index contributed by atoms with van der Waals surface area (Å²) < 4.78 is 0. The Labute approximate surface area is 195 Å². The van der Waals surface area contributed by atoms with E-state index in [9.17, 15) is 9.59 Å². The Hall–Kier alpha value is -3.66. The van der Waals surface area contributed by atoms with Gasteiger partial charge in [-0.25, -0.2) is 0 Å². The second-order valence-corrected chi connectivity index (χ2v) is 9.70. The van der Waals surface area contributed by atoms with Crippen LogP contribution in [-0.4, -0.2) is 16.7 Å². The van der Waals surface area contributed by atoms with Gasteiger partial charge < -0.3 is 5.32 Å². The van der Waals surface area contributed by atoms with Crippen molar-refractivity contribution < 1.29 is 9.59 Å². The molecule has 0 saturated heterocycles. The van der Waals surface area contributed by atoms with Gasteiger partial charge in [-0.1, -0.05) is 87.0 Å². The molecule has 1 aliphatic rings. The van der Waals surface area contributed by atoms with Crippen molar-refractivity contribution in [3.63, 3.8) is 0 Å². The molecule has 0 unspecified atom stereocenters. The van der Waals surface area contributed by atoms with Crippen LogP contribution in [0.25, 0.3) is 5.57 Å². The van der Waals surface area contributed by atoms with Crippen molar-refractivity contribution in [2.75, 3.05) is 5.32 Å². The number of nitrogens with one attached hydrogen (secondary N) is 1. The number of nitrogens with zero attached hydrogens (tertiary/aromatic N) is 1. The Balaban J connectivity index is 1.75. The first-order chi connectivity index (χ1) is 15.6. The van der Waals surface area contributed by atoms with Gasteiger partial charge in [-0.2, -0.15) is 0 Å². The highest BCUT2D eigenvalue weighted by atomic mass is 16.2. The molecule has 0 aromatic heterocycles. The molecular weight excluding hydrogens is 408 g/mol. The SMILES string of the molecule is Cc1ccc(C2=C(Nc3ccc(C(C)(C)C)cc3)C(=O)N(Cc3ccccc3)C2=O)c(C)c1. The first-order valence-electron chi connectivity index (χ1n) is 11.2. The van der Waals surface area contributed by atoms with E-state index in [1.165, 1.54) is 10.5 Å². The normalized spacial score (nSPS) is 14.3. The van der Waals surface area contributed by atoms with Crippen LogP contribution in [0, 0.1) is 13.8 Å². The Morgan fingerprint density at radius 3 is 2.09 bits per heavy atom. The first kappa shape index (κ1) is 22.5. The number of imide groups is 1. The summed E-state index contributed by atoms with van der Waals surface area (Å²) in [5, 5.41) is 3.27. The average molecular weight is 439 g/mol. The highest BCUT2D eigenvalue weighted by Crippen LogP contribution is 2.34. The zero-order valence-corrected chi connectivity index (χ0v) is 19.9. The smallest absolute Gasteiger partial charge is 0.278 e. The molecule has 0 bridgehead atoms. The van der Waals surface area contributed by atoms with Crippen molar-refractivity contribution in [1.29, 1.82) is 0 Å². The largest absolute Gasteiger partial charge is 0.350 e. The van der Waals surface area contributed by atoms with Crippen LogP contribution in [0.2, 0.25) is 0 Å². The lowest BCUT2D eigenvalue weighted by Gasteiger charge is -2.19. The Kier molecular flexibility index (Phi) is 5.94. The lowest BCUT2D eigenvalue weighted by atomic mass is 9.87. The standard InChI is InChI=1S/C29H30N2O2/c1-19-11-16-24(20(2)17-19)25-26(30-23-14-12-22(13-15-23)29(3,4)5)28(33)31(27(25)32)18-21-9-7-6-8-10-21/h6-17,30H,18H2,1-5H3. The molecule has 3 aromatic carbocycles. The topological polar surface area (TPSA) is 49.4 Å². The second kappa shape index (κ2) is 8.70. The Morgan fingerprint density at radius 2 is 1.48 bits per heavy atom. The van der Waals surface area contributed by atoms with E-state index < -0.39 is 0 Å². The van der Waals surface area contributed by atoms with Crippen LogP contribution in [0.3, 0.4) is 0 Å². The minimum atomic E-state index is -0.307. The summed E-state index contributed by atoms with van der Waals surface area (Å²) in [6.45, 7) is 10.7. The molecule has 168 valence electrons. The fraction of sp³-hybridized carbons (Fsp3) is 0.241. The molecule has 0 spiro atoms. The second-order valence-electron chi connectivity index (χ2n) is 9.70. The van der Waals surface area contributed by atoms with Gasteiger partial charge in [0.15, 0.2) is 0 Å². The molecule has 0 aliphatic carbocycles. The number of amides is 2. The van der Waals surface area contributed by atoms with E-state index in [-0.39, 0.29) is 23.8 Å². The molecule has 1 N–H and O–H groups in total. The van der Waals surface area contributed by atoms with E-state index in [1.807, 2.05) is 74.5 Å². The van der Waals surface area contributed by atoms with Crippen LogP contribution < -0.4 is 5.32 Å². The van der Waals surface area contributed by atoms with Crippen LogP contribution >= 0.6 is 0 Å². The maximum absolute atomic E-state index is 13.6. The number of benzene rings is 3. The third kappa shape index (κ3) is 4.61. The van der Waals surface area contributed by atoms with E-state index >= 15 is 0 Å². The van der Waals surface area contributed by atoms with Crippen molar-refractivity contribution in [1.82, 2.24) is 4.90 Å². The summed E-state index contributed by atoms with van der Waals surface area (Å²) in [7, 11) is 0. The van der Waals surface area contributed by atoms with E-state index in [1.54, 1.807) is 0 Å². The van der Waals surface area contributed by atoms with E-state index in [4.69, 9.17) is 0 Å². The minimum Gasteiger partial charge on any atom is -0.350 e. The molecule has 4 heteroatoms. The van der Waals surface area contributed by atoms with Gasteiger partial charge in [0.1, 0.15) is 5.70 Å². The summed E-state index contributed by atoms with van der Waals surface area (Å²) in [6.07, 6.45) is 0. The molecule has 0 atom stereocenters. The molecule has 3 aromatic rings. The fourth-order valence-corrected chi connectivity index (χ4v) is 4.14. The predicted molar refractivity (Wildman–Crippen MR) is 134 cm³/mol. The van der Waals surface area contributed by atoms with Gasteiger partial charge in [0.25, 0.3) is 11.8 Å². The molecule has 1 aliphatic heterocycles. The lowest BCUT2D eigenvalue weighted by molar-refractivity contribution is -0.137. The predicted octanol–water partition coefficient (Wildman–Crippen LogP) is 5.99. The molecule has 33 heavy (non-hydrogen) atoms. The number of carbonyl (C=O) groups excluding carboxylic acids is 2. The summed E-state index contributed by atoms with van der Waals surface area (Å²) in [5.41, 5.74) is 6.54. The highest BCUT2D eigenvalue weighted by Gasteiger charge is 2.39. The third-order valence-corrected chi connectivity index (χ3v) is 6.02. The van der Waals surface area contributed by atoms with Gasteiger partial charge in [0, 0.05) is 5.69 Å². The van der Waals surface area contributed by atoms with Gasteiger partial charge in [-0.15, -0.1) is 0 Å². The number of hydrogen-bond acceptors (Lipinski definition) is 3. The molecule has 4 nitrogen and oxygen atoms in total. The molecule has 4 rings (SSSR count). The van der Waals surface area contributed by atoms with Gasteiger partial charge in [0.05, 0.1) is 12.1 Å². The van der Waals surface area contributed by atoms with Crippen molar-refractivity contribution in [2.45, 2.75) is 46.6 Å². The van der Waals surface area contributed by atoms with Gasteiger partial charge in [-0.05, 0) is 53.6 Å². The Bertz CT molecular complexity index is 1230. The van der Waals surface area contributed by atoms with E-state index in [0.717, 1.165) is 27.9 Å². The Morgan fingerprint density at radius 1 is 0.818 bits per heavy atom. The third-order valence-electron chi connectivity index (χ3n) is 6.02. The molecule has 0 saturated carbocycles. The molecule has 0 radical (unpaired) electrons. The van der Waals surface area contributed by atoms with Crippen molar-refractivity contribution in [3.8, 4) is 0 Å². The van der Waals surface area contributed by atoms with Crippen LogP contribution in [0.1, 0.15) is 48.6 Å². The van der Waals surface area contributed by atoms with Crippen molar-refractivity contribution in [2.24, 2.45) is 0 Å². The summed E-state index contributed by atoms with van der Waals surface area (Å²) in [4.78, 5) is 28.4. The van der Waals surface area contributed by atoms with Crippen LogP contribution in [0.15, 0.2) is 78.5 Å². The molecule has 1 heterocycles. The van der Waals surface area contributed by atoms with Crippen LogP contribution in [-0.2, 0) is 21.5 Å². The van der Waals surface area contributed by atoms with Gasteiger partial charge >= 0.3 is 0 Å². The van der Waals surface area contributed by atoms with Crippen LogP contribution in [0.4, 0.5) is 5.69 Å². The number of rotatable bonds is 5. The fourth-order valence-electron chi connectivity index (χ4n) is 4.14. The maximum atomic E-state index is 13.6. The van der Waals surface area contributed by atoms with E-state index in [0.29, 0.717) is 11.3 Å². The number of aryl methyl sites for hydroxylation is 2. The zero-order valence-electron chi connectivity index (χ0n) is 19.9. The number of anilines is 1. The average Bonchev–Trinajstić information content (AvgIpc) is 2.99. The molecule has 2 amide bonds. The van der Waals surface area contributed by atoms with Crippen molar-refractivity contribution >= 4 is 23.1 Å². The summed E-state index contributed by atoms with van der Waals surface area (Å²) in [5.74, 6) is -0.580. The van der Waals surface area contributed by atoms with Gasteiger partial charge in [-0.3, -0.25) is 14.5 Å². The summed E-state index contributed by atoms with van der Waals surface area (Å²) in [6, 6.07) is 23.6. The number of hydrogen-bond donors (Lipinski definition) is 1. The highest BCUT2D eigenvalue weighted by molar-refractivity contribution is 6.36. The quantitative estimate of drug-likeness (QED) is 0.498. The van der Waals surface area contributed by atoms with Crippen molar-refractivity contribution in [3.05, 3.63) is 106 Å². The zero-order chi connectivity index (χ0) is 23.8. The summed E-state index contributed by atoms with van der Waals surface area (Å²) >= 11 is 0.